The van der Waals surface area contributed by atoms with Gasteiger partial charge in [0.25, 0.3) is 5.91 Å². The second kappa shape index (κ2) is 6.86. The first-order chi connectivity index (χ1) is 11.5. The molecule has 1 fully saturated rings. The second-order valence-corrected chi connectivity index (χ2v) is 6.21. The van der Waals surface area contributed by atoms with Crippen LogP contribution in [-0.2, 0) is 18.4 Å². The monoisotopic (exact) mass is 326 g/mol. The fourth-order valence-corrected chi connectivity index (χ4v) is 3.13. The van der Waals surface area contributed by atoms with Crippen LogP contribution in [0, 0.1) is 0 Å². The van der Waals surface area contributed by atoms with Crippen LogP contribution >= 0.6 is 0 Å². The molecule has 0 aliphatic carbocycles. The average molecular weight is 326 g/mol. The maximum Gasteiger partial charge on any atom is 0.254 e. The smallest absolute Gasteiger partial charge is 0.254 e. The number of aryl methyl sites for hydroxylation is 1. The van der Waals surface area contributed by atoms with E-state index >= 15 is 0 Å². The van der Waals surface area contributed by atoms with E-state index in [1.54, 1.807) is 4.68 Å². The van der Waals surface area contributed by atoms with Crippen LogP contribution in [-0.4, -0.2) is 33.0 Å². The normalized spacial score (nSPS) is 17.1. The molecule has 3 rings (SSSR count). The number of likely N-dealkylation sites (tertiary alicyclic amines) is 1. The third-order valence-corrected chi connectivity index (χ3v) is 4.37. The third kappa shape index (κ3) is 3.48. The zero-order valence-corrected chi connectivity index (χ0v) is 14.0. The van der Waals surface area contributed by atoms with Gasteiger partial charge in [0.15, 0.2) is 0 Å². The summed E-state index contributed by atoms with van der Waals surface area (Å²) in [4.78, 5) is 25.7. The van der Waals surface area contributed by atoms with Gasteiger partial charge in [-0.1, -0.05) is 12.1 Å². The van der Waals surface area contributed by atoms with Gasteiger partial charge in [0.2, 0.25) is 5.91 Å². The molecule has 0 bridgehead atoms. The number of carbonyl (C=O) groups is 2. The summed E-state index contributed by atoms with van der Waals surface area (Å²) < 4.78 is 1.77. The van der Waals surface area contributed by atoms with Crippen molar-refractivity contribution in [2.45, 2.75) is 32.4 Å². The minimum absolute atomic E-state index is 0.0485. The quantitative estimate of drug-likeness (QED) is 0.935. The predicted molar refractivity (Wildman–Crippen MR) is 90.2 cm³/mol. The summed E-state index contributed by atoms with van der Waals surface area (Å²) in [5, 5.41) is 6.97. The van der Waals surface area contributed by atoms with Crippen molar-refractivity contribution >= 4 is 11.8 Å². The SMILES string of the molecule is CC(=O)NCc1ccc(C(=O)N2CCC[C@@H]2c2cnn(C)c2)cc1. The molecule has 0 saturated carbocycles. The lowest BCUT2D eigenvalue weighted by molar-refractivity contribution is -0.119. The number of nitrogens with one attached hydrogen (secondary N) is 1. The van der Waals surface area contributed by atoms with Gasteiger partial charge < -0.3 is 10.2 Å². The Balaban J connectivity index is 1.72. The predicted octanol–water partition coefficient (Wildman–Crippen LogP) is 2.03. The van der Waals surface area contributed by atoms with Crippen LogP contribution in [0.1, 0.15) is 47.3 Å². The summed E-state index contributed by atoms with van der Waals surface area (Å²) in [6.07, 6.45) is 5.80. The van der Waals surface area contributed by atoms with Crippen molar-refractivity contribution in [1.82, 2.24) is 20.0 Å². The highest BCUT2D eigenvalue weighted by Crippen LogP contribution is 2.32. The van der Waals surface area contributed by atoms with Gasteiger partial charge in [-0.15, -0.1) is 0 Å². The number of amides is 2. The molecule has 0 unspecified atom stereocenters. The molecule has 1 aliphatic heterocycles. The molecule has 1 aromatic carbocycles. The molecule has 2 amide bonds. The van der Waals surface area contributed by atoms with Crippen molar-refractivity contribution in [2.75, 3.05) is 6.54 Å². The van der Waals surface area contributed by atoms with Crippen LogP contribution in [0.3, 0.4) is 0 Å². The van der Waals surface area contributed by atoms with Crippen molar-refractivity contribution in [3.8, 4) is 0 Å². The summed E-state index contributed by atoms with van der Waals surface area (Å²) in [7, 11) is 1.89. The molecule has 0 spiro atoms. The standard InChI is InChI=1S/C18H22N4O2/c1-13(23)19-10-14-5-7-15(8-6-14)18(24)22-9-3-4-17(22)16-11-20-21(2)12-16/h5-8,11-12,17H,3-4,9-10H2,1-2H3,(H,19,23)/t17-/m1/s1. The summed E-state index contributed by atoms with van der Waals surface area (Å²) in [5.74, 6) is -0.0148. The van der Waals surface area contributed by atoms with Gasteiger partial charge in [-0.3, -0.25) is 14.3 Å². The number of benzene rings is 1. The number of hydrogen-bond donors (Lipinski definition) is 1. The average Bonchev–Trinajstić information content (AvgIpc) is 3.21. The van der Waals surface area contributed by atoms with E-state index in [4.69, 9.17) is 0 Å². The molecule has 6 heteroatoms. The van der Waals surface area contributed by atoms with Crippen LogP contribution in [0.25, 0.3) is 0 Å². The molecule has 2 aromatic rings. The Kier molecular flexibility index (Phi) is 4.64. The van der Waals surface area contributed by atoms with Gasteiger partial charge in [-0.05, 0) is 30.5 Å². The van der Waals surface area contributed by atoms with E-state index in [0.717, 1.165) is 30.5 Å². The van der Waals surface area contributed by atoms with E-state index in [9.17, 15) is 9.59 Å². The van der Waals surface area contributed by atoms with Crippen LogP contribution in [0.5, 0.6) is 0 Å². The Morgan fingerprint density at radius 1 is 1.29 bits per heavy atom. The van der Waals surface area contributed by atoms with Crippen LogP contribution in [0.2, 0.25) is 0 Å². The highest BCUT2D eigenvalue weighted by Gasteiger charge is 2.31. The molecule has 6 nitrogen and oxygen atoms in total. The molecule has 1 saturated heterocycles. The Morgan fingerprint density at radius 3 is 2.67 bits per heavy atom. The Labute approximate surface area is 141 Å². The van der Waals surface area contributed by atoms with Crippen molar-refractivity contribution in [2.24, 2.45) is 7.05 Å². The zero-order chi connectivity index (χ0) is 17.1. The Hall–Kier alpha value is -2.63. The molecule has 1 aromatic heterocycles. The molecule has 0 radical (unpaired) electrons. The first kappa shape index (κ1) is 16.2. The fourth-order valence-electron chi connectivity index (χ4n) is 3.13. The molecule has 1 aliphatic rings. The fraction of sp³-hybridized carbons (Fsp3) is 0.389. The highest BCUT2D eigenvalue weighted by molar-refractivity contribution is 5.94. The largest absolute Gasteiger partial charge is 0.352 e. The van der Waals surface area contributed by atoms with Gasteiger partial charge >= 0.3 is 0 Å². The number of nitrogens with zero attached hydrogens (tertiary/aromatic N) is 3. The Morgan fingerprint density at radius 2 is 2.04 bits per heavy atom. The third-order valence-electron chi connectivity index (χ3n) is 4.37. The van der Waals surface area contributed by atoms with E-state index in [-0.39, 0.29) is 17.9 Å². The van der Waals surface area contributed by atoms with Crippen LogP contribution < -0.4 is 5.32 Å². The van der Waals surface area contributed by atoms with E-state index in [1.807, 2.05) is 48.6 Å². The van der Waals surface area contributed by atoms with Crippen molar-refractivity contribution < 1.29 is 9.59 Å². The minimum atomic E-state index is -0.0634. The topological polar surface area (TPSA) is 67.2 Å². The number of aromatic nitrogens is 2. The van der Waals surface area contributed by atoms with Gasteiger partial charge in [0.05, 0.1) is 12.2 Å². The Bertz CT molecular complexity index is 736. The molecule has 24 heavy (non-hydrogen) atoms. The van der Waals surface area contributed by atoms with E-state index in [2.05, 4.69) is 10.4 Å². The molecule has 2 heterocycles. The maximum absolute atomic E-state index is 12.8. The summed E-state index contributed by atoms with van der Waals surface area (Å²) in [5.41, 5.74) is 2.75. The van der Waals surface area contributed by atoms with Crippen molar-refractivity contribution in [3.63, 3.8) is 0 Å². The van der Waals surface area contributed by atoms with Crippen LogP contribution in [0.15, 0.2) is 36.7 Å². The van der Waals surface area contributed by atoms with Crippen molar-refractivity contribution in [1.29, 1.82) is 0 Å². The molecule has 126 valence electrons. The summed E-state index contributed by atoms with van der Waals surface area (Å²) in [6.45, 7) is 2.74. The highest BCUT2D eigenvalue weighted by atomic mass is 16.2. The molecular weight excluding hydrogens is 304 g/mol. The van der Waals surface area contributed by atoms with Gasteiger partial charge in [-0.2, -0.15) is 5.10 Å². The minimum Gasteiger partial charge on any atom is -0.352 e. The van der Waals surface area contributed by atoms with Gasteiger partial charge in [-0.25, -0.2) is 0 Å². The summed E-state index contributed by atoms with van der Waals surface area (Å²) in [6, 6.07) is 7.54. The van der Waals surface area contributed by atoms with E-state index < -0.39 is 0 Å². The van der Waals surface area contributed by atoms with Gasteiger partial charge in [0.1, 0.15) is 0 Å². The molecule has 1 N–H and O–H groups in total. The first-order valence-electron chi connectivity index (χ1n) is 8.17. The lowest BCUT2D eigenvalue weighted by atomic mass is 10.1. The summed E-state index contributed by atoms with van der Waals surface area (Å²) >= 11 is 0. The molecule has 1 atom stereocenters. The zero-order valence-electron chi connectivity index (χ0n) is 14.0. The van der Waals surface area contributed by atoms with E-state index in [0.29, 0.717) is 12.1 Å². The van der Waals surface area contributed by atoms with Gasteiger partial charge in [0, 0.05) is 44.4 Å². The number of carbonyl (C=O) groups excluding carboxylic acids is 2. The van der Waals surface area contributed by atoms with Crippen molar-refractivity contribution in [3.05, 3.63) is 53.3 Å². The van der Waals surface area contributed by atoms with Crippen LogP contribution in [0.4, 0.5) is 0 Å². The maximum atomic E-state index is 12.8. The molecular formula is C18H22N4O2. The first-order valence-corrected chi connectivity index (χ1v) is 8.17. The second-order valence-electron chi connectivity index (χ2n) is 6.21. The van der Waals surface area contributed by atoms with E-state index in [1.165, 1.54) is 6.92 Å². The number of rotatable bonds is 4. The number of hydrogen-bond acceptors (Lipinski definition) is 3. The lowest BCUT2D eigenvalue weighted by Crippen LogP contribution is -2.30. The lowest BCUT2D eigenvalue weighted by Gasteiger charge is -2.24.